The number of hydrogen-bond donors (Lipinski definition) is 0. The zero-order valence-electron chi connectivity index (χ0n) is 46.6. The van der Waals surface area contributed by atoms with Crippen LogP contribution in [0.15, 0.2) is 312 Å². The van der Waals surface area contributed by atoms with Crippen molar-refractivity contribution in [3.05, 3.63) is 303 Å². The van der Waals surface area contributed by atoms with Crippen molar-refractivity contribution in [2.24, 2.45) is 0 Å². The maximum absolute atomic E-state index is 7.55. The Balaban J connectivity index is 1.03. The summed E-state index contributed by atoms with van der Waals surface area (Å²) >= 11 is 0. The molecule has 3 heterocycles. The van der Waals surface area contributed by atoms with Gasteiger partial charge in [0.25, 0.3) is 0 Å². The maximum atomic E-state index is 7.55. The second kappa shape index (κ2) is 20.2. The molecule has 0 amide bonds. The molecule has 3 aromatic heterocycles. The molecule has 0 aliphatic rings. The SMILES string of the molecule is c1ccc(-c2cc(-c3ccccc3)c3oc4c(-c5cccc(-c6cc(-c7ccccc7)cc7c6oc6c(-c8ccccc8)cc(-c8ccccc8)cc67)c5-c5cnc6c7ccccc7c7ccccc7c6n5)cc(-c5ccccc5)cc4c3c2)cc1. The van der Waals surface area contributed by atoms with Crippen LogP contribution in [0.4, 0.5) is 0 Å². The van der Waals surface area contributed by atoms with E-state index in [2.05, 4.69) is 297 Å². The largest absolute Gasteiger partial charge is 0.455 e. The summed E-state index contributed by atoms with van der Waals surface area (Å²) in [4.78, 5) is 11.4. The summed E-state index contributed by atoms with van der Waals surface area (Å²) in [5, 5.41) is 8.45. The minimum Gasteiger partial charge on any atom is -0.455 e. The fourth-order valence-electron chi connectivity index (χ4n) is 13.2. The number of fused-ring (bicyclic) bond motifs is 12. The first kappa shape index (κ1) is 49.2. The van der Waals surface area contributed by atoms with Crippen LogP contribution in [-0.4, -0.2) is 9.97 Å². The van der Waals surface area contributed by atoms with Crippen LogP contribution in [0.1, 0.15) is 0 Å². The third-order valence-corrected chi connectivity index (χ3v) is 17.3. The van der Waals surface area contributed by atoms with Gasteiger partial charge in [0, 0.05) is 60.1 Å². The van der Waals surface area contributed by atoms with E-state index in [9.17, 15) is 0 Å². The molecule has 14 aromatic carbocycles. The Morgan fingerprint density at radius 3 is 0.884 bits per heavy atom. The molecule has 0 bridgehead atoms. The molecule has 0 saturated carbocycles. The third-order valence-electron chi connectivity index (χ3n) is 17.3. The summed E-state index contributed by atoms with van der Waals surface area (Å²) in [6.45, 7) is 0. The summed E-state index contributed by atoms with van der Waals surface area (Å²) in [6.07, 6.45) is 1.99. The number of hydrogen-bond acceptors (Lipinski definition) is 4. The predicted molar refractivity (Wildman–Crippen MR) is 358 cm³/mol. The Bertz CT molecular complexity index is 5190. The first-order valence-corrected chi connectivity index (χ1v) is 29.3. The lowest BCUT2D eigenvalue weighted by Gasteiger charge is -2.18. The van der Waals surface area contributed by atoms with E-state index in [-0.39, 0.29) is 0 Å². The summed E-state index contributed by atoms with van der Waals surface area (Å²) in [5.41, 5.74) is 23.2. The van der Waals surface area contributed by atoms with E-state index in [0.29, 0.717) is 0 Å². The zero-order chi connectivity index (χ0) is 56.7. The van der Waals surface area contributed by atoms with Crippen molar-refractivity contribution in [1.82, 2.24) is 9.97 Å². The van der Waals surface area contributed by atoms with E-state index >= 15 is 0 Å². The van der Waals surface area contributed by atoms with Crippen LogP contribution >= 0.6 is 0 Å². The molecule has 17 rings (SSSR count). The van der Waals surface area contributed by atoms with Crippen LogP contribution in [0.2, 0.25) is 0 Å². The van der Waals surface area contributed by atoms with Crippen LogP contribution in [-0.2, 0) is 0 Å². The van der Waals surface area contributed by atoms with Crippen LogP contribution in [0.5, 0.6) is 0 Å². The second-order valence-electron chi connectivity index (χ2n) is 22.3. The quantitative estimate of drug-likeness (QED) is 0.135. The minimum absolute atomic E-state index is 0.722. The molecule has 0 radical (unpaired) electrons. The molecule has 4 nitrogen and oxygen atoms in total. The molecule has 400 valence electrons. The van der Waals surface area contributed by atoms with Crippen molar-refractivity contribution in [3.8, 4) is 100 Å². The number of nitrogens with zero attached hydrogens (tertiary/aromatic N) is 2. The van der Waals surface area contributed by atoms with Gasteiger partial charge in [0.15, 0.2) is 0 Å². The van der Waals surface area contributed by atoms with Gasteiger partial charge in [0.2, 0.25) is 0 Å². The van der Waals surface area contributed by atoms with E-state index < -0.39 is 0 Å². The first-order valence-electron chi connectivity index (χ1n) is 29.3. The molecule has 0 N–H and O–H groups in total. The van der Waals surface area contributed by atoms with Crippen molar-refractivity contribution in [3.63, 3.8) is 0 Å². The van der Waals surface area contributed by atoms with Crippen molar-refractivity contribution < 1.29 is 8.83 Å². The lowest BCUT2D eigenvalue weighted by atomic mass is 9.86. The van der Waals surface area contributed by atoms with Crippen molar-refractivity contribution in [1.29, 1.82) is 0 Å². The fraction of sp³-hybridized carbons (Fsp3) is 0. The molecule has 0 aliphatic heterocycles. The van der Waals surface area contributed by atoms with Gasteiger partial charge in [-0.15, -0.1) is 0 Å². The van der Waals surface area contributed by atoms with Gasteiger partial charge < -0.3 is 8.83 Å². The fourth-order valence-corrected chi connectivity index (χ4v) is 13.2. The lowest BCUT2D eigenvalue weighted by Crippen LogP contribution is -1.97. The van der Waals surface area contributed by atoms with Crippen LogP contribution in [0.3, 0.4) is 0 Å². The molecule has 0 saturated heterocycles. The highest BCUT2D eigenvalue weighted by atomic mass is 16.3. The molecule has 0 aliphatic carbocycles. The number of benzene rings is 14. The average Bonchev–Trinajstić information content (AvgIpc) is 1.95. The Kier molecular flexibility index (Phi) is 11.5. The van der Waals surface area contributed by atoms with Crippen LogP contribution in [0.25, 0.3) is 177 Å². The van der Waals surface area contributed by atoms with Crippen LogP contribution < -0.4 is 0 Å². The van der Waals surface area contributed by atoms with Gasteiger partial charge in [-0.2, -0.15) is 0 Å². The number of furan rings is 2. The minimum atomic E-state index is 0.722. The van der Waals surface area contributed by atoms with E-state index in [0.717, 1.165) is 177 Å². The molecule has 17 aromatic rings. The highest BCUT2D eigenvalue weighted by molar-refractivity contribution is 6.24. The molecule has 0 fully saturated rings. The van der Waals surface area contributed by atoms with E-state index in [1.54, 1.807) is 0 Å². The van der Waals surface area contributed by atoms with Gasteiger partial charge in [0.05, 0.1) is 22.9 Å². The van der Waals surface area contributed by atoms with Gasteiger partial charge in [-0.25, -0.2) is 4.98 Å². The van der Waals surface area contributed by atoms with E-state index in [1.165, 1.54) is 0 Å². The van der Waals surface area contributed by atoms with Crippen molar-refractivity contribution in [2.75, 3.05) is 0 Å². The number of aromatic nitrogens is 2. The first-order chi connectivity index (χ1) is 42.6. The normalized spacial score (nSPS) is 11.7. The third kappa shape index (κ3) is 8.14. The van der Waals surface area contributed by atoms with Crippen molar-refractivity contribution in [2.45, 2.75) is 0 Å². The molecule has 0 spiro atoms. The van der Waals surface area contributed by atoms with Crippen LogP contribution in [0, 0.1) is 0 Å². The molecule has 4 heteroatoms. The monoisotopic (exact) mass is 1090 g/mol. The van der Waals surface area contributed by atoms with Gasteiger partial charge in [-0.3, -0.25) is 4.98 Å². The summed E-state index contributed by atoms with van der Waals surface area (Å²) in [5.74, 6) is 0. The Morgan fingerprint density at radius 1 is 0.209 bits per heavy atom. The predicted octanol–water partition coefficient (Wildman–Crippen LogP) is 22.7. The Morgan fingerprint density at radius 2 is 0.512 bits per heavy atom. The highest BCUT2D eigenvalue weighted by Crippen LogP contribution is 2.51. The Hall–Kier alpha value is -11.5. The lowest BCUT2D eigenvalue weighted by molar-refractivity contribution is 0.671. The molecule has 86 heavy (non-hydrogen) atoms. The second-order valence-corrected chi connectivity index (χ2v) is 22.3. The summed E-state index contributed by atoms with van der Waals surface area (Å²) in [6, 6.07) is 106. The zero-order valence-corrected chi connectivity index (χ0v) is 46.6. The molecule has 0 atom stereocenters. The molecule has 0 unspecified atom stereocenters. The Labute approximate surface area is 496 Å². The van der Waals surface area contributed by atoms with Gasteiger partial charge in [-0.05, 0) is 126 Å². The van der Waals surface area contributed by atoms with Crippen molar-refractivity contribution >= 4 is 76.5 Å². The summed E-state index contributed by atoms with van der Waals surface area (Å²) < 4.78 is 15.1. The van der Waals surface area contributed by atoms with Gasteiger partial charge >= 0.3 is 0 Å². The van der Waals surface area contributed by atoms with Gasteiger partial charge in [0.1, 0.15) is 22.3 Å². The topological polar surface area (TPSA) is 52.1 Å². The smallest absolute Gasteiger partial charge is 0.143 e. The molecular formula is C82H50N2O2. The maximum Gasteiger partial charge on any atom is 0.143 e. The summed E-state index contributed by atoms with van der Waals surface area (Å²) in [7, 11) is 0. The standard InChI is InChI=1S/C82H50N2O2/c1-7-24-51(25-8-1)57-42-67(55-32-15-5-16-33-55)79-71(46-57)73-48-59(53-28-11-3-12-29-53)44-69(81(73)85-79)63-40-23-41-64(76(63)75-50-83-77-65-38-21-19-36-61(65)62-37-20-22-39-66(62)78(77)84-75)70-45-60(54-30-13-4-14-31-54)49-74-72-47-58(52-26-9-2-10-27-52)43-68(80(72)86-82(70)74)56-34-17-6-18-35-56/h1-50H. The molecular weight excluding hydrogens is 1040 g/mol. The number of rotatable bonds is 9. The van der Waals surface area contributed by atoms with E-state index in [4.69, 9.17) is 18.8 Å². The average molecular weight is 1100 g/mol. The van der Waals surface area contributed by atoms with Gasteiger partial charge in [-0.1, -0.05) is 249 Å². The highest BCUT2D eigenvalue weighted by Gasteiger charge is 2.27. The van der Waals surface area contributed by atoms with E-state index in [1.807, 2.05) is 6.20 Å².